The second-order valence-corrected chi connectivity index (χ2v) is 7.62. The molecule has 10 nitrogen and oxygen atoms in total. The SMILES string of the molecule is Cc1ccc(NC(=O)c2ccc([N+](=O)[O-])c(Cl)c2)c(NC(=O)c2ccc([N+](=O)[O-])c(Cl)c2)c1. The number of hydrogen-bond donors (Lipinski definition) is 2. The molecule has 0 aliphatic heterocycles. The summed E-state index contributed by atoms with van der Waals surface area (Å²) in [6.45, 7) is 1.78. The molecule has 2 N–H and O–H groups in total. The quantitative estimate of drug-likeness (QED) is 0.340. The minimum atomic E-state index is -0.665. The van der Waals surface area contributed by atoms with Crippen molar-refractivity contribution >= 4 is 57.8 Å². The van der Waals surface area contributed by atoms with Gasteiger partial charge in [-0.25, -0.2) is 0 Å². The Labute approximate surface area is 196 Å². The lowest BCUT2D eigenvalue weighted by Gasteiger charge is -2.14. The monoisotopic (exact) mass is 488 g/mol. The van der Waals surface area contributed by atoms with Gasteiger partial charge in [0.1, 0.15) is 10.0 Å². The number of benzene rings is 3. The van der Waals surface area contributed by atoms with Gasteiger partial charge in [-0.05, 0) is 48.9 Å². The molecular weight excluding hydrogens is 475 g/mol. The van der Waals surface area contributed by atoms with Crippen LogP contribution in [0.4, 0.5) is 22.7 Å². The smallest absolute Gasteiger partial charge is 0.287 e. The lowest BCUT2D eigenvalue weighted by atomic mass is 10.1. The second-order valence-electron chi connectivity index (χ2n) is 6.80. The largest absolute Gasteiger partial charge is 0.320 e. The molecule has 0 unspecified atom stereocenters. The van der Waals surface area contributed by atoms with Crippen molar-refractivity contribution in [2.75, 3.05) is 10.6 Å². The van der Waals surface area contributed by atoms with Crippen LogP contribution >= 0.6 is 23.2 Å². The van der Waals surface area contributed by atoms with E-state index in [1.807, 2.05) is 0 Å². The van der Waals surface area contributed by atoms with E-state index in [1.165, 1.54) is 24.3 Å². The Morgan fingerprint density at radius 2 is 1.18 bits per heavy atom. The number of carbonyl (C=O) groups is 2. The standard InChI is InChI=1S/C21H14Cl2N4O6/c1-11-2-5-16(24-20(28)12-3-6-18(26(30)31)14(22)9-12)17(8-11)25-21(29)13-4-7-19(27(32)33)15(23)10-13/h2-10H,1H3,(H,24,28)(H,25,29). The number of nitro groups is 2. The molecule has 0 aliphatic carbocycles. The number of nitrogens with zero attached hydrogens (tertiary/aromatic N) is 2. The Kier molecular flexibility index (Phi) is 6.90. The molecule has 0 heterocycles. The first kappa shape index (κ1) is 23.6. The van der Waals surface area contributed by atoms with Crippen LogP contribution in [-0.4, -0.2) is 21.7 Å². The van der Waals surface area contributed by atoms with E-state index in [1.54, 1.807) is 25.1 Å². The molecule has 0 saturated heterocycles. The summed E-state index contributed by atoms with van der Waals surface area (Å²) in [6, 6.07) is 12.0. The van der Waals surface area contributed by atoms with Crippen LogP contribution < -0.4 is 10.6 Å². The van der Waals surface area contributed by atoms with E-state index in [0.717, 1.165) is 17.7 Å². The van der Waals surface area contributed by atoms with E-state index in [4.69, 9.17) is 23.2 Å². The van der Waals surface area contributed by atoms with Crippen molar-refractivity contribution in [2.24, 2.45) is 0 Å². The first-order chi connectivity index (χ1) is 15.6. The summed E-state index contributed by atoms with van der Waals surface area (Å²) in [4.78, 5) is 45.8. The zero-order valence-electron chi connectivity index (χ0n) is 16.8. The summed E-state index contributed by atoms with van der Waals surface area (Å²) < 4.78 is 0. The van der Waals surface area contributed by atoms with Crippen molar-refractivity contribution < 1.29 is 19.4 Å². The van der Waals surface area contributed by atoms with Crippen molar-refractivity contribution in [2.45, 2.75) is 6.92 Å². The highest BCUT2D eigenvalue weighted by Crippen LogP contribution is 2.29. The first-order valence-corrected chi connectivity index (χ1v) is 9.93. The molecule has 3 aromatic carbocycles. The van der Waals surface area contributed by atoms with Crippen LogP contribution in [0.25, 0.3) is 0 Å². The lowest BCUT2D eigenvalue weighted by Crippen LogP contribution is -2.17. The zero-order valence-corrected chi connectivity index (χ0v) is 18.3. The number of anilines is 2. The number of nitro benzene ring substituents is 2. The molecular formula is C21H14Cl2N4O6. The molecule has 168 valence electrons. The highest BCUT2D eigenvalue weighted by molar-refractivity contribution is 6.33. The molecule has 3 rings (SSSR count). The fourth-order valence-electron chi connectivity index (χ4n) is 2.85. The third kappa shape index (κ3) is 5.43. The summed E-state index contributed by atoms with van der Waals surface area (Å²) in [7, 11) is 0. The van der Waals surface area contributed by atoms with Crippen LogP contribution in [0.2, 0.25) is 10.0 Å². The Balaban J connectivity index is 1.85. The Morgan fingerprint density at radius 1 is 0.727 bits per heavy atom. The molecule has 0 fully saturated rings. The number of carbonyl (C=O) groups excluding carboxylic acids is 2. The topological polar surface area (TPSA) is 144 Å². The van der Waals surface area contributed by atoms with Gasteiger partial charge in [-0.2, -0.15) is 0 Å². The molecule has 0 bridgehead atoms. The maximum atomic E-state index is 12.7. The fraction of sp³-hybridized carbons (Fsp3) is 0.0476. The van der Waals surface area contributed by atoms with Crippen molar-refractivity contribution in [3.63, 3.8) is 0 Å². The van der Waals surface area contributed by atoms with Crippen LogP contribution in [-0.2, 0) is 0 Å². The average Bonchev–Trinajstić information content (AvgIpc) is 2.74. The van der Waals surface area contributed by atoms with Crippen LogP contribution in [0.5, 0.6) is 0 Å². The number of aryl methyl sites for hydroxylation is 1. The van der Waals surface area contributed by atoms with E-state index in [0.29, 0.717) is 0 Å². The van der Waals surface area contributed by atoms with E-state index in [9.17, 15) is 29.8 Å². The van der Waals surface area contributed by atoms with Crippen LogP contribution in [0.3, 0.4) is 0 Å². The summed E-state index contributed by atoms with van der Waals surface area (Å²) in [5.41, 5.74) is 0.773. The van der Waals surface area contributed by atoms with Crippen molar-refractivity contribution in [1.82, 2.24) is 0 Å². The maximum absolute atomic E-state index is 12.7. The average molecular weight is 489 g/mol. The fourth-order valence-corrected chi connectivity index (χ4v) is 3.35. The number of amides is 2. The van der Waals surface area contributed by atoms with E-state index in [2.05, 4.69) is 10.6 Å². The molecule has 0 aromatic heterocycles. The summed E-state index contributed by atoms with van der Waals surface area (Å²) >= 11 is 11.7. The molecule has 12 heteroatoms. The van der Waals surface area contributed by atoms with Gasteiger partial charge in [0, 0.05) is 23.3 Å². The molecule has 3 aromatic rings. The predicted octanol–water partition coefficient (Wildman–Crippen LogP) is 5.62. The van der Waals surface area contributed by atoms with Crippen molar-refractivity contribution in [3.05, 3.63) is 102 Å². The third-order valence-electron chi connectivity index (χ3n) is 4.48. The molecule has 0 spiro atoms. The van der Waals surface area contributed by atoms with E-state index >= 15 is 0 Å². The number of hydrogen-bond acceptors (Lipinski definition) is 6. The van der Waals surface area contributed by atoms with Gasteiger partial charge in [-0.1, -0.05) is 29.3 Å². The molecule has 33 heavy (non-hydrogen) atoms. The summed E-state index contributed by atoms with van der Waals surface area (Å²) in [6.07, 6.45) is 0. The maximum Gasteiger partial charge on any atom is 0.287 e. The Bertz CT molecular complexity index is 1310. The molecule has 0 aliphatic rings. The van der Waals surface area contributed by atoms with E-state index < -0.39 is 21.7 Å². The zero-order chi connectivity index (χ0) is 24.3. The number of rotatable bonds is 6. The second kappa shape index (κ2) is 9.63. The highest BCUT2D eigenvalue weighted by atomic mass is 35.5. The first-order valence-electron chi connectivity index (χ1n) is 9.18. The van der Waals surface area contributed by atoms with Crippen molar-refractivity contribution in [1.29, 1.82) is 0 Å². The Hall–Kier alpha value is -4.02. The van der Waals surface area contributed by atoms with Gasteiger partial charge in [0.05, 0.1) is 21.2 Å². The van der Waals surface area contributed by atoms with Crippen molar-refractivity contribution in [3.8, 4) is 0 Å². The lowest BCUT2D eigenvalue weighted by molar-refractivity contribution is -0.384. The third-order valence-corrected chi connectivity index (χ3v) is 5.09. The van der Waals surface area contributed by atoms with Crippen LogP contribution in [0.15, 0.2) is 54.6 Å². The van der Waals surface area contributed by atoms with Crippen LogP contribution in [0.1, 0.15) is 26.3 Å². The van der Waals surface area contributed by atoms with Gasteiger partial charge in [-0.15, -0.1) is 0 Å². The number of nitrogens with one attached hydrogen (secondary N) is 2. The minimum absolute atomic E-state index is 0.0746. The summed E-state index contributed by atoms with van der Waals surface area (Å²) in [5, 5.41) is 26.7. The van der Waals surface area contributed by atoms with Crippen LogP contribution in [0, 0.1) is 27.2 Å². The van der Waals surface area contributed by atoms with Gasteiger partial charge in [0.15, 0.2) is 0 Å². The predicted molar refractivity (Wildman–Crippen MR) is 123 cm³/mol. The normalized spacial score (nSPS) is 10.4. The molecule has 0 radical (unpaired) electrons. The van der Waals surface area contributed by atoms with Gasteiger partial charge in [-0.3, -0.25) is 29.8 Å². The summed E-state index contributed by atoms with van der Waals surface area (Å²) in [5.74, 6) is -1.21. The number of halogens is 2. The van der Waals surface area contributed by atoms with Gasteiger partial charge >= 0.3 is 0 Å². The molecule has 2 amide bonds. The molecule has 0 saturated carbocycles. The van der Waals surface area contributed by atoms with Gasteiger partial charge in [0.2, 0.25) is 0 Å². The molecule has 0 atom stereocenters. The Morgan fingerprint density at radius 3 is 1.61 bits per heavy atom. The van der Waals surface area contributed by atoms with E-state index in [-0.39, 0.29) is 43.9 Å². The highest BCUT2D eigenvalue weighted by Gasteiger charge is 2.19. The minimum Gasteiger partial charge on any atom is -0.320 e. The van der Waals surface area contributed by atoms with Gasteiger partial charge < -0.3 is 10.6 Å². The van der Waals surface area contributed by atoms with Gasteiger partial charge in [0.25, 0.3) is 23.2 Å².